The lowest BCUT2D eigenvalue weighted by molar-refractivity contribution is 0.952. The Hall–Kier alpha value is -1.95. The normalized spacial score (nSPS) is 10.8. The van der Waals surface area contributed by atoms with Crippen molar-refractivity contribution >= 4 is 23.1 Å². The molecule has 0 saturated carbocycles. The molecule has 5 nitrogen and oxygen atoms in total. The third-order valence-corrected chi connectivity index (χ3v) is 3.13. The van der Waals surface area contributed by atoms with Crippen molar-refractivity contribution in [2.75, 3.05) is 12.4 Å². The van der Waals surface area contributed by atoms with Crippen molar-refractivity contribution in [1.29, 1.82) is 0 Å². The number of nitrogens with one attached hydrogen (secondary N) is 1. The zero-order valence-electron chi connectivity index (χ0n) is 8.58. The lowest BCUT2D eigenvalue weighted by Crippen LogP contribution is -1.95. The van der Waals surface area contributed by atoms with E-state index in [0.29, 0.717) is 11.7 Å². The lowest BCUT2D eigenvalue weighted by atomic mass is 10.3. The molecule has 0 spiro atoms. The van der Waals surface area contributed by atoms with E-state index in [1.807, 2.05) is 17.5 Å². The summed E-state index contributed by atoms with van der Waals surface area (Å²) < 4.78 is 1.75. The van der Waals surface area contributed by atoms with Crippen LogP contribution in [0.2, 0.25) is 0 Å². The van der Waals surface area contributed by atoms with E-state index in [1.54, 1.807) is 29.1 Å². The maximum absolute atomic E-state index is 4.33. The molecule has 3 rings (SSSR count). The van der Waals surface area contributed by atoms with E-state index in [-0.39, 0.29) is 0 Å². The summed E-state index contributed by atoms with van der Waals surface area (Å²) in [5.74, 6) is 1.19. The van der Waals surface area contributed by atoms with Gasteiger partial charge in [-0.05, 0) is 17.5 Å². The van der Waals surface area contributed by atoms with Gasteiger partial charge in [0.2, 0.25) is 5.95 Å². The topological polar surface area (TPSA) is 55.1 Å². The fraction of sp³-hybridized carbons (Fsp3) is 0.100. The monoisotopic (exact) mass is 231 g/mol. The first-order valence-electron chi connectivity index (χ1n) is 4.82. The van der Waals surface area contributed by atoms with Crippen LogP contribution in [0.1, 0.15) is 0 Å². The van der Waals surface area contributed by atoms with Crippen molar-refractivity contribution in [1.82, 2.24) is 19.6 Å². The second kappa shape index (κ2) is 3.57. The molecule has 0 amide bonds. The Kier molecular flexibility index (Phi) is 2.07. The van der Waals surface area contributed by atoms with E-state index in [1.165, 1.54) is 0 Å². The molecule has 0 unspecified atom stereocenters. The summed E-state index contributed by atoms with van der Waals surface area (Å²) in [5, 5.41) is 9.27. The minimum Gasteiger partial charge on any atom is -0.356 e. The first-order chi connectivity index (χ1) is 7.88. The molecule has 3 heterocycles. The predicted molar refractivity (Wildman–Crippen MR) is 63.6 cm³/mol. The van der Waals surface area contributed by atoms with Crippen LogP contribution in [0.3, 0.4) is 0 Å². The van der Waals surface area contributed by atoms with Gasteiger partial charge in [0.05, 0.1) is 10.6 Å². The minimum atomic E-state index is 0.580. The number of thiophene rings is 1. The van der Waals surface area contributed by atoms with Gasteiger partial charge in [0, 0.05) is 13.2 Å². The Bertz CT molecular complexity index is 613. The first kappa shape index (κ1) is 9.29. The Morgan fingerprint density at radius 1 is 1.38 bits per heavy atom. The van der Waals surface area contributed by atoms with Crippen LogP contribution in [-0.4, -0.2) is 26.6 Å². The van der Waals surface area contributed by atoms with Crippen molar-refractivity contribution in [3.05, 3.63) is 29.8 Å². The summed E-state index contributed by atoms with van der Waals surface area (Å²) in [7, 11) is 1.79. The van der Waals surface area contributed by atoms with Crippen LogP contribution in [-0.2, 0) is 0 Å². The van der Waals surface area contributed by atoms with E-state index >= 15 is 0 Å². The summed E-state index contributed by atoms with van der Waals surface area (Å²) in [6.07, 6.45) is 1.75. The summed E-state index contributed by atoms with van der Waals surface area (Å²) in [5.41, 5.74) is 1.01. The molecule has 0 aliphatic carbocycles. The fourth-order valence-electron chi connectivity index (χ4n) is 1.51. The van der Waals surface area contributed by atoms with Gasteiger partial charge in [0.25, 0.3) is 5.78 Å². The molecule has 0 aromatic carbocycles. The molecule has 80 valence electrons. The summed E-state index contributed by atoms with van der Waals surface area (Å²) in [4.78, 5) is 9.56. The number of hydrogen-bond acceptors (Lipinski definition) is 5. The Morgan fingerprint density at radius 2 is 2.31 bits per heavy atom. The Balaban J connectivity index is 2.28. The molecule has 0 aliphatic heterocycles. The highest BCUT2D eigenvalue weighted by atomic mass is 32.1. The summed E-state index contributed by atoms with van der Waals surface area (Å²) in [6.45, 7) is 0. The highest BCUT2D eigenvalue weighted by Crippen LogP contribution is 2.24. The van der Waals surface area contributed by atoms with Crippen LogP contribution in [0.5, 0.6) is 0 Å². The van der Waals surface area contributed by atoms with Gasteiger partial charge < -0.3 is 5.32 Å². The number of rotatable bonds is 2. The average molecular weight is 231 g/mol. The lowest BCUT2D eigenvalue weighted by Gasteiger charge is -1.98. The Labute approximate surface area is 95.8 Å². The molecule has 0 atom stereocenters. The van der Waals surface area contributed by atoms with Crippen LogP contribution in [0.25, 0.3) is 16.3 Å². The SMILES string of the molecule is CNc1nc2nccc(-c3cccs3)n2n1. The number of aromatic nitrogens is 4. The third-order valence-electron chi connectivity index (χ3n) is 2.24. The average Bonchev–Trinajstić information content (AvgIpc) is 2.97. The van der Waals surface area contributed by atoms with Gasteiger partial charge in [0.1, 0.15) is 0 Å². The van der Waals surface area contributed by atoms with Crippen molar-refractivity contribution < 1.29 is 0 Å². The van der Waals surface area contributed by atoms with Crippen LogP contribution in [0.15, 0.2) is 29.8 Å². The highest BCUT2D eigenvalue weighted by molar-refractivity contribution is 7.13. The number of anilines is 1. The molecule has 0 radical (unpaired) electrons. The quantitative estimate of drug-likeness (QED) is 0.731. The van der Waals surface area contributed by atoms with Gasteiger partial charge in [-0.2, -0.15) is 9.50 Å². The maximum atomic E-state index is 4.33. The standard InChI is InChI=1S/C10H9N5S/c1-11-9-13-10-12-5-4-7(15(10)14-9)8-3-2-6-16-8/h2-6H,1H3,(H,11,14). The molecule has 0 bridgehead atoms. The van der Waals surface area contributed by atoms with Gasteiger partial charge in [-0.25, -0.2) is 4.98 Å². The molecular formula is C10H9N5S. The molecule has 3 aromatic rings. The van der Waals surface area contributed by atoms with Gasteiger partial charge in [-0.1, -0.05) is 6.07 Å². The van der Waals surface area contributed by atoms with Gasteiger partial charge in [0.15, 0.2) is 0 Å². The van der Waals surface area contributed by atoms with Crippen molar-refractivity contribution in [3.8, 4) is 10.6 Å². The second-order valence-electron chi connectivity index (χ2n) is 3.20. The summed E-state index contributed by atoms with van der Waals surface area (Å²) >= 11 is 1.67. The number of fused-ring (bicyclic) bond motifs is 1. The van der Waals surface area contributed by atoms with Crippen molar-refractivity contribution in [2.45, 2.75) is 0 Å². The maximum Gasteiger partial charge on any atom is 0.254 e. The molecule has 0 saturated heterocycles. The van der Waals surface area contributed by atoms with Crippen molar-refractivity contribution in [3.63, 3.8) is 0 Å². The van der Waals surface area contributed by atoms with E-state index in [2.05, 4.69) is 26.4 Å². The van der Waals surface area contributed by atoms with Crippen LogP contribution >= 0.6 is 11.3 Å². The predicted octanol–water partition coefficient (Wildman–Crippen LogP) is 1.89. The zero-order chi connectivity index (χ0) is 11.0. The van der Waals surface area contributed by atoms with E-state index in [0.717, 1.165) is 10.6 Å². The van der Waals surface area contributed by atoms with Crippen LogP contribution < -0.4 is 5.32 Å². The van der Waals surface area contributed by atoms with Gasteiger partial charge in [-0.15, -0.1) is 16.4 Å². The smallest absolute Gasteiger partial charge is 0.254 e. The van der Waals surface area contributed by atoms with Gasteiger partial charge >= 0.3 is 0 Å². The van der Waals surface area contributed by atoms with E-state index < -0.39 is 0 Å². The molecular weight excluding hydrogens is 222 g/mol. The molecule has 16 heavy (non-hydrogen) atoms. The largest absolute Gasteiger partial charge is 0.356 e. The van der Waals surface area contributed by atoms with Crippen molar-refractivity contribution in [2.24, 2.45) is 0 Å². The highest BCUT2D eigenvalue weighted by Gasteiger charge is 2.08. The Morgan fingerprint density at radius 3 is 3.06 bits per heavy atom. The third kappa shape index (κ3) is 1.35. The fourth-order valence-corrected chi connectivity index (χ4v) is 2.25. The van der Waals surface area contributed by atoms with Crippen LogP contribution in [0, 0.1) is 0 Å². The van der Waals surface area contributed by atoms with E-state index in [4.69, 9.17) is 0 Å². The van der Waals surface area contributed by atoms with Crippen LogP contribution in [0.4, 0.5) is 5.95 Å². The molecule has 6 heteroatoms. The molecule has 0 fully saturated rings. The van der Waals surface area contributed by atoms with Gasteiger partial charge in [-0.3, -0.25) is 0 Å². The first-order valence-corrected chi connectivity index (χ1v) is 5.70. The molecule has 1 N–H and O–H groups in total. The molecule has 0 aliphatic rings. The van der Waals surface area contributed by atoms with E-state index in [9.17, 15) is 0 Å². The zero-order valence-corrected chi connectivity index (χ0v) is 9.40. The summed E-state index contributed by atoms with van der Waals surface area (Å²) in [6, 6.07) is 6.01. The number of hydrogen-bond donors (Lipinski definition) is 1. The molecule has 3 aromatic heterocycles. The second-order valence-corrected chi connectivity index (χ2v) is 4.15. The minimum absolute atomic E-state index is 0.580. The number of nitrogens with zero attached hydrogens (tertiary/aromatic N) is 4.